The minimum atomic E-state index is -0.742. The zero-order chi connectivity index (χ0) is 13.0. The molecule has 0 radical (unpaired) electrons. The number of carboxylic acids is 1. The maximum atomic E-state index is 10.8. The maximum Gasteiger partial charge on any atom is 0.304 e. The highest BCUT2D eigenvalue weighted by Gasteiger charge is 2.17. The van der Waals surface area contributed by atoms with E-state index in [-0.39, 0.29) is 12.5 Å². The number of nitrogens with zero attached hydrogens (tertiary/aromatic N) is 1. The van der Waals surface area contributed by atoms with Crippen molar-refractivity contribution in [2.75, 3.05) is 14.1 Å². The second kappa shape index (κ2) is 5.82. The first-order chi connectivity index (χ1) is 7.90. The van der Waals surface area contributed by atoms with Crippen LogP contribution in [0.25, 0.3) is 0 Å². The van der Waals surface area contributed by atoms with Crippen molar-refractivity contribution in [3.8, 4) is 0 Å². The average molecular weight is 235 g/mol. The Kier molecular flexibility index (Phi) is 4.70. The lowest BCUT2D eigenvalue weighted by atomic mass is 9.97. The number of hydrogen-bond donors (Lipinski definition) is 1. The predicted octanol–water partition coefficient (Wildman–Crippen LogP) is 2.25. The standard InChI is InChI=1S/C14H21NO2/c1-10-5-6-11(2)12(7-10)8-13(15(3)4)9-14(16)17/h5-7,13H,8-9H2,1-4H3,(H,16,17). The Morgan fingerprint density at radius 1 is 1.35 bits per heavy atom. The zero-order valence-electron chi connectivity index (χ0n) is 11.0. The Labute approximate surface area is 103 Å². The van der Waals surface area contributed by atoms with Gasteiger partial charge in [0.2, 0.25) is 0 Å². The van der Waals surface area contributed by atoms with Gasteiger partial charge in [0.25, 0.3) is 0 Å². The molecule has 0 saturated heterocycles. The van der Waals surface area contributed by atoms with Gasteiger partial charge in [0.05, 0.1) is 6.42 Å². The lowest BCUT2D eigenvalue weighted by Crippen LogP contribution is -2.32. The fourth-order valence-corrected chi connectivity index (χ4v) is 1.91. The van der Waals surface area contributed by atoms with Gasteiger partial charge in [0.1, 0.15) is 0 Å². The first-order valence-electron chi connectivity index (χ1n) is 5.84. The molecule has 0 spiro atoms. The summed E-state index contributed by atoms with van der Waals surface area (Å²) in [5, 5.41) is 8.91. The van der Waals surface area contributed by atoms with Crippen LogP contribution in [0.15, 0.2) is 18.2 Å². The number of benzene rings is 1. The second-order valence-corrected chi connectivity index (χ2v) is 4.85. The fourth-order valence-electron chi connectivity index (χ4n) is 1.91. The Morgan fingerprint density at radius 2 is 2.00 bits per heavy atom. The van der Waals surface area contributed by atoms with E-state index in [9.17, 15) is 4.79 Å². The van der Waals surface area contributed by atoms with Gasteiger partial charge in [-0.2, -0.15) is 0 Å². The van der Waals surface area contributed by atoms with Crippen molar-refractivity contribution in [3.63, 3.8) is 0 Å². The Bertz CT molecular complexity index is 399. The van der Waals surface area contributed by atoms with Crippen LogP contribution in [0, 0.1) is 13.8 Å². The van der Waals surface area contributed by atoms with E-state index in [1.807, 2.05) is 19.0 Å². The molecule has 0 amide bonds. The minimum absolute atomic E-state index is 0.0491. The molecule has 17 heavy (non-hydrogen) atoms. The summed E-state index contributed by atoms with van der Waals surface area (Å²) in [7, 11) is 3.86. The maximum absolute atomic E-state index is 10.8. The number of aryl methyl sites for hydroxylation is 2. The van der Waals surface area contributed by atoms with Gasteiger partial charge in [-0.05, 0) is 45.5 Å². The Balaban J connectivity index is 2.85. The van der Waals surface area contributed by atoms with Gasteiger partial charge in [-0.25, -0.2) is 0 Å². The van der Waals surface area contributed by atoms with E-state index in [0.717, 1.165) is 6.42 Å². The van der Waals surface area contributed by atoms with E-state index >= 15 is 0 Å². The third kappa shape index (κ3) is 4.19. The summed E-state index contributed by atoms with van der Waals surface area (Å²) in [6, 6.07) is 6.37. The highest BCUT2D eigenvalue weighted by atomic mass is 16.4. The molecule has 0 heterocycles. The van der Waals surface area contributed by atoms with E-state index in [4.69, 9.17) is 5.11 Å². The second-order valence-electron chi connectivity index (χ2n) is 4.85. The van der Waals surface area contributed by atoms with Crippen molar-refractivity contribution in [1.29, 1.82) is 0 Å². The first kappa shape index (κ1) is 13.7. The van der Waals surface area contributed by atoms with Crippen LogP contribution in [0.3, 0.4) is 0 Å². The number of likely N-dealkylation sites (N-methyl/N-ethyl adjacent to an activating group) is 1. The van der Waals surface area contributed by atoms with Gasteiger partial charge in [0, 0.05) is 6.04 Å². The molecule has 0 aliphatic carbocycles. The SMILES string of the molecule is Cc1ccc(C)c(CC(CC(=O)O)N(C)C)c1. The molecular weight excluding hydrogens is 214 g/mol. The van der Waals surface area contributed by atoms with Crippen LogP contribution in [0.4, 0.5) is 0 Å². The summed E-state index contributed by atoms with van der Waals surface area (Å²) in [4.78, 5) is 12.8. The van der Waals surface area contributed by atoms with Gasteiger partial charge in [-0.1, -0.05) is 23.8 Å². The first-order valence-corrected chi connectivity index (χ1v) is 5.84. The predicted molar refractivity (Wildman–Crippen MR) is 69.3 cm³/mol. The van der Waals surface area contributed by atoms with Gasteiger partial charge in [0.15, 0.2) is 0 Å². The smallest absolute Gasteiger partial charge is 0.304 e. The minimum Gasteiger partial charge on any atom is -0.481 e. The molecule has 3 heteroatoms. The molecule has 1 N–H and O–H groups in total. The van der Waals surface area contributed by atoms with Gasteiger partial charge < -0.3 is 10.0 Å². The molecule has 0 bridgehead atoms. The van der Waals surface area contributed by atoms with Crippen LogP contribution in [-0.2, 0) is 11.2 Å². The third-order valence-corrected chi connectivity index (χ3v) is 3.10. The summed E-state index contributed by atoms with van der Waals surface area (Å²) >= 11 is 0. The van der Waals surface area contributed by atoms with Crippen LogP contribution < -0.4 is 0 Å². The monoisotopic (exact) mass is 235 g/mol. The van der Waals surface area contributed by atoms with Gasteiger partial charge in [-0.15, -0.1) is 0 Å². The topological polar surface area (TPSA) is 40.5 Å². The van der Waals surface area contributed by atoms with Crippen molar-refractivity contribution in [1.82, 2.24) is 4.90 Å². The van der Waals surface area contributed by atoms with E-state index in [0.29, 0.717) is 0 Å². The third-order valence-electron chi connectivity index (χ3n) is 3.10. The van der Waals surface area contributed by atoms with Gasteiger partial charge in [-0.3, -0.25) is 4.79 Å². The van der Waals surface area contributed by atoms with Crippen molar-refractivity contribution >= 4 is 5.97 Å². The molecule has 0 saturated carbocycles. The summed E-state index contributed by atoms with van der Waals surface area (Å²) < 4.78 is 0. The number of carbonyl (C=O) groups is 1. The van der Waals surface area contributed by atoms with Crippen LogP contribution in [-0.4, -0.2) is 36.1 Å². The lowest BCUT2D eigenvalue weighted by Gasteiger charge is -2.23. The van der Waals surface area contributed by atoms with Crippen LogP contribution in [0.2, 0.25) is 0 Å². The molecule has 3 nitrogen and oxygen atoms in total. The molecule has 94 valence electrons. The van der Waals surface area contributed by atoms with E-state index < -0.39 is 5.97 Å². The zero-order valence-corrected chi connectivity index (χ0v) is 11.0. The average Bonchev–Trinajstić information content (AvgIpc) is 2.21. The van der Waals surface area contributed by atoms with Gasteiger partial charge >= 0.3 is 5.97 Å². The molecule has 1 atom stereocenters. The van der Waals surface area contributed by atoms with Crippen molar-refractivity contribution < 1.29 is 9.90 Å². The molecule has 1 rings (SSSR count). The summed E-state index contributed by atoms with van der Waals surface area (Å²) in [6.45, 7) is 4.13. The summed E-state index contributed by atoms with van der Waals surface area (Å²) in [5.74, 6) is -0.742. The van der Waals surface area contributed by atoms with E-state index in [1.54, 1.807) is 0 Å². The number of aliphatic carboxylic acids is 1. The molecule has 0 aromatic heterocycles. The summed E-state index contributed by atoms with van der Waals surface area (Å²) in [6.07, 6.45) is 0.965. The fraction of sp³-hybridized carbons (Fsp3) is 0.500. The molecule has 0 fully saturated rings. The van der Waals surface area contributed by atoms with Crippen molar-refractivity contribution in [2.24, 2.45) is 0 Å². The molecule has 0 aliphatic rings. The highest BCUT2D eigenvalue weighted by molar-refractivity contribution is 5.67. The van der Waals surface area contributed by atoms with E-state index in [2.05, 4.69) is 32.0 Å². The Morgan fingerprint density at radius 3 is 2.53 bits per heavy atom. The van der Waals surface area contributed by atoms with E-state index in [1.165, 1.54) is 16.7 Å². The highest BCUT2D eigenvalue weighted by Crippen LogP contribution is 2.16. The van der Waals surface area contributed by atoms with Crippen LogP contribution in [0.5, 0.6) is 0 Å². The van der Waals surface area contributed by atoms with Crippen molar-refractivity contribution in [2.45, 2.75) is 32.7 Å². The number of rotatable bonds is 5. The number of carboxylic acid groups (broad SMARTS) is 1. The summed E-state index contributed by atoms with van der Waals surface area (Å²) in [5.41, 5.74) is 3.69. The quantitative estimate of drug-likeness (QED) is 0.851. The molecule has 1 aromatic rings. The van der Waals surface area contributed by atoms with Crippen molar-refractivity contribution in [3.05, 3.63) is 34.9 Å². The molecule has 1 unspecified atom stereocenters. The lowest BCUT2D eigenvalue weighted by molar-refractivity contribution is -0.138. The number of hydrogen-bond acceptors (Lipinski definition) is 2. The Hall–Kier alpha value is -1.35. The molecule has 1 aromatic carbocycles. The van der Waals surface area contributed by atoms with Crippen LogP contribution >= 0.6 is 0 Å². The normalized spacial score (nSPS) is 12.8. The van der Waals surface area contributed by atoms with Crippen LogP contribution in [0.1, 0.15) is 23.1 Å². The largest absolute Gasteiger partial charge is 0.481 e. The molecule has 0 aliphatic heterocycles. The molecular formula is C14H21NO2.